The third-order valence-corrected chi connectivity index (χ3v) is 5.51. The molecule has 142 valence electrons. The molecule has 0 heterocycles. The summed E-state index contributed by atoms with van der Waals surface area (Å²) in [4.78, 5) is 24.9. The Morgan fingerprint density at radius 3 is 2.39 bits per heavy atom. The number of amides is 1. The van der Waals surface area contributed by atoms with Crippen LogP contribution in [0.4, 0.5) is 5.69 Å². The normalized spacial score (nSPS) is 10.5. The van der Waals surface area contributed by atoms with Crippen LogP contribution in [-0.4, -0.2) is 11.7 Å². The standard InChI is InChI=1S/C23H21BrN2O2/c1-15-19(6-4-7-20(15)24)23(28)26-14-16-9-11-17(12-10-16)22(27)13-18-5-2-3-8-21(18)25/h2-12H,13-14,25H2,1H3,(H,26,28). The highest BCUT2D eigenvalue weighted by atomic mass is 79.9. The first-order chi connectivity index (χ1) is 13.5. The van der Waals surface area contributed by atoms with E-state index in [1.165, 1.54) is 0 Å². The van der Waals surface area contributed by atoms with Crippen LogP contribution in [0.25, 0.3) is 0 Å². The van der Waals surface area contributed by atoms with Crippen LogP contribution in [0.15, 0.2) is 71.2 Å². The van der Waals surface area contributed by atoms with Crippen molar-refractivity contribution in [1.82, 2.24) is 5.32 Å². The van der Waals surface area contributed by atoms with Crippen LogP contribution in [0, 0.1) is 6.92 Å². The predicted molar refractivity (Wildman–Crippen MR) is 115 cm³/mol. The van der Waals surface area contributed by atoms with Gasteiger partial charge in [-0.15, -0.1) is 0 Å². The second-order valence-corrected chi connectivity index (χ2v) is 7.45. The zero-order valence-corrected chi connectivity index (χ0v) is 17.1. The summed E-state index contributed by atoms with van der Waals surface area (Å²) in [5, 5.41) is 2.92. The van der Waals surface area contributed by atoms with Gasteiger partial charge in [-0.05, 0) is 41.8 Å². The van der Waals surface area contributed by atoms with Gasteiger partial charge in [0.25, 0.3) is 5.91 Å². The van der Waals surface area contributed by atoms with E-state index in [-0.39, 0.29) is 18.1 Å². The van der Waals surface area contributed by atoms with Crippen molar-refractivity contribution in [2.24, 2.45) is 0 Å². The average Bonchev–Trinajstić information content (AvgIpc) is 2.70. The molecule has 5 heteroatoms. The fourth-order valence-electron chi connectivity index (χ4n) is 2.91. The molecule has 0 radical (unpaired) electrons. The maximum absolute atomic E-state index is 12.5. The molecular weight excluding hydrogens is 416 g/mol. The van der Waals surface area contributed by atoms with Gasteiger partial charge in [0, 0.05) is 34.3 Å². The number of carbonyl (C=O) groups excluding carboxylic acids is 2. The predicted octanol–water partition coefficient (Wildman–Crippen LogP) is 4.70. The van der Waals surface area contributed by atoms with E-state index in [0.717, 1.165) is 21.2 Å². The van der Waals surface area contributed by atoms with Gasteiger partial charge in [0.15, 0.2) is 5.78 Å². The van der Waals surface area contributed by atoms with Crippen molar-refractivity contribution in [3.05, 3.63) is 99.0 Å². The molecule has 0 atom stereocenters. The highest BCUT2D eigenvalue weighted by Crippen LogP contribution is 2.19. The lowest BCUT2D eigenvalue weighted by Crippen LogP contribution is -2.23. The first-order valence-electron chi connectivity index (χ1n) is 8.94. The van der Waals surface area contributed by atoms with Crippen molar-refractivity contribution in [3.8, 4) is 0 Å². The molecule has 0 aliphatic rings. The summed E-state index contributed by atoms with van der Waals surface area (Å²) in [7, 11) is 0. The summed E-state index contributed by atoms with van der Waals surface area (Å²) in [6.07, 6.45) is 0.269. The summed E-state index contributed by atoms with van der Waals surface area (Å²) in [5.41, 5.74) is 10.5. The lowest BCUT2D eigenvalue weighted by Gasteiger charge is -2.10. The fourth-order valence-corrected chi connectivity index (χ4v) is 3.28. The van der Waals surface area contributed by atoms with E-state index >= 15 is 0 Å². The van der Waals surface area contributed by atoms with Crippen LogP contribution in [0.1, 0.15) is 37.4 Å². The molecule has 0 fully saturated rings. The first kappa shape index (κ1) is 19.8. The van der Waals surface area contributed by atoms with Gasteiger partial charge >= 0.3 is 0 Å². The minimum atomic E-state index is -0.126. The van der Waals surface area contributed by atoms with E-state index in [2.05, 4.69) is 21.2 Å². The van der Waals surface area contributed by atoms with Crippen molar-refractivity contribution < 1.29 is 9.59 Å². The van der Waals surface area contributed by atoms with Crippen molar-refractivity contribution >= 4 is 33.3 Å². The third-order valence-electron chi connectivity index (χ3n) is 4.65. The first-order valence-corrected chi connectivity index (χ1v) is 9.74. The topological polar surface area (TPSA) is 72.2 Å². The van der Waals surface area contributed by atoms with Gasteiger partial charge in [0.2, 0.25) is 0 Å². The molecule has 3 aromatic rings. The average molecular weight is 437 g/mol. The largest absolute Gasteiger partial charge is 0.398 e. The number of hydrogen-bond acceptors (Lipinski definition) is 3. The highest BCUT2D eigenvalue weighted by molar-refractivity contribution is 9.10. The Labute approximate surface area is 172 Å². The van der Waals surface area contributed by atoms with Gasteiger partial charge < -0.3 is 11.1 Å². The molecule has 28 heavy (non-hydrogen) atoms. The monoisotopic (exact) mass is 436 g/mol. The fraction of sp³-hybridized carbons (Fsp3) is 0.130. The lowest BCUT2D eigenvalue weighted by atomic mass is 10.0. The second-order valence-electron chi connectivity index (χ2n) is 6.59. The van der Waals surface area contributed by atoms with Crippen molar-refractivity contribution in [2.75, 3.05) is 5.73 Å². The van der Waals surface area contributed by atoms with Crippen LogP contribution < -0.4 is 11.1 Å². The molecule has 0 aromatic heterocycles. The second kappa shape index (κ2) is 8.85. The van der Waals surface area contributed by atoms with E-state index in [9.17, 15) is 9.59 Å². The number of rotatable bonds is 6. The molecule has 3 aromatic carbocycles. The zero-order valence-electron chi connectivity index (χ0n) is 15.5. The Balaban J connectivity index is 1.61. The van der Waals surface area contributed by atoms with E-state index in [4.69, 9.17) is 5.73 Å². The highest BCUT2D eigenvalue weighted by Gasteiger charge is 2.11. The van der Waals surface area contributed by atoms with Gasteiger partial charge in [0.05, 0.1) is 0 Å². The summed E-state index contributed by atoms with van der Waals surface area (Å²) in [5.74, 6) is -0.114. The van der Waals surface area contributed by atoms with Gasteiger partial charge in [-0.2, -0.15) is 0 Å². The maximum Gasteiger partial charge on any atom is 0.251 e. The zero-order chi connectivity index (χ0) is 20.1. The number of para-hydroxylation sites is 1. The number of Topliss-reactive ketones (excluding diaryl/α,β-unsaturated/α-hetero) is 1. The SMILES string of the molecule is Cc1c(Br)cccc1C(=O)NCc1ccc(C(=O)Cc2ccccc2N)cc1. The maximum atomic E-state index is 12.5. The minimum Gasteiger partial charge on any atom is -0.398 e. The number of benzene rings is 3. The molecule has 3 rings (SSSR count). The van der Waals surface area contributed by atoms with Gasteiger partial charge in [-0.3, -0.25) is 9.59 Å². The van der Waals surface area contributed by atoms with Crippen LogP contribution in [0.3, 0.4) is 0 Å². The molecule has 0 bridgehead atoms. The van der Waals surface area contributed by atoms with Crippen LogP contribution in [0.2, 0.25) is 0 Å². The Kier molecular flexibility index (Phi) is 6.26. The summed E-state index contributed by atoms with van der Waals surface area (Å²) in [6.45, 7) is 2.30. The molecule has 1 amide bonds. The molecule has 3 N–H and O–H groups in total. The molecule has 0 saturated carbocycles. The number of halogens is 1. The molecule has 0 aliphatic carbocycles. The summed E-state index contributed by atoms with van der Waals surface area (Å²) < 4.78 is 0.905. The molecule has 0 unspecified atom stereocenters. The smallest absolute Gasteiger partial charge is 0.251 e. The Hall–Kier alpha value is -2.92. The van der Waals surface area contributed by atoms with E-state index in [0.29, 0.717) is 23.4 Å². The number of ketones is 1. The van der Waals surface area contributed by atoms with Crippen LogP contribution in [-0.2, 0) is 13.0 Å². The van der Waals surface area contributed by atoms with Crippen LogP contribution >= 0.6 is 15.9 Å². The number of hydrogen-bond donors (Lipinski definition) is 2. The number of carbonyl (C=O) groups is 2. The number of nitrogens with two attached hydrogens (primary N) is 1. The quantitative estimate of drug-likeness (QED) is 0.434. The van der Waals surface area contributed by atoms with Gasteiger partial charge in [-0.25, -0.2) is 0 Å². The van der Waals surface area contributed by atoms with Crippen molar-refractivity contribution in [1.29, 1.82) is 0 Å². The minimum absolute atomic E-state index is 0.0123. The van der Waals surface area contributed by atoms with Gasteiger partial charge in [0.1, 0.15) is 0 Å². The van der Waals surface area contributed by atoms with E-state index in [1.54, 1.807) is 24.3 Å². The van der Waals surface area contributed by atoms with Crippen molar-refractivity contribution in [2.45, 2.75) is 19.9 Å². The number of anilines is 1. The molecule has 4 nitrogen and oxygen atoms in total. The molecule has 0 saturated heterocycles. The van der Waals surface area contributed by atoms with Crippen molar-refractivity contribution in [3.63, 3.8) is 0 Å². The van der Waals surface area contributed by atoms with Crippen LogP contribution in [0.5, 0.6) is 0 Å². The van der Waals surface area contributed by atoms with Gasteiger partial charge in [-0.1, -0.05) is 64.5 Å². The summed E-state index contributed by atoms with van der Waals surface area (Å²) >= 11 is 3.44. The Morgan fingerprint density at radius 1 is 0.964 bits per heavy atom. The van der Waals surface area contributed by atoms with E-state index in [1.807, 2.05) is 49.4 Å². The lowest BCUT2D eigenvalue weighted by molar-refractivity contribution is 0.0948. The van der Waals surface area contributed by atoms with E-state index < -0.39 is 0 Å². The summed E-state index contributed by atoms with van der Waals surface area (Å²) in [6, 6.07) is 20.2. The molecular formula is C23H21BrN2O2. The molecule has 0 spiro atoms. The Morgan fingerprint density at radius 2 is 1.68 bits per heavy atom. The number of nitrogen functional groups attached to an aromatic ring is 1. The number of nitrogens with one attached hydrogen (secondary N) is 1. The third kappa shape index (κ3) is 4.67. The Bertz CT molecular complexity index is 1010. The molecule has 0 aliphatic heterocycles.